The van der Waals surface area contributed by atoms with Gasteiger partial charge in [0.15, 0.2) is 5.75 Å². The van der Waals surface area contributed by atoms with Crippen molar-refractivity contribution < 1.29 is 13.5 Å². The number of hydrogen-bond acceptors (Lipinski definition) is 5. The van der Waals surface area contributed by atoms with Crippen LogP contribution in [0.2, 0.25) is 5.02 Å². The van der Waals surface area contributed by atoms with E-state index in [9.17, 15) is 13.6 Å². The second-order valence-electron chi connectivity index (χ2n) is 7.44. The molecule has 0 aliphatic rings. The maximum Gasteiger partial charge on any atom is 0.314 e. The van der Waals surface area contributed by atoms with Gasteiger partial charge in [0.1, 0.15) is 5.60 Å². The van der Waals surface area contributed by atoms with Gasteiger partial charge in [0.05, 0.1) is 11.9 Å². The lowest BCUT2D eigenvalue weighted by atomic mass is 10.1. The number of rotatable bonds is 5. The average molecular weight is 432 g/mol. The van der Waals surface area contributed by atoms with Gasteiger partial charge in [-0.3, -0.25) is 9.00 Å². The van der Waals surface area contributed by atoms with Crippen LogP contribution in [0.15, 0.2) is 59.5 Å². The summed E-state index contributed by atoms with van der Waals surface area (Å²) >= 11 is 3.89. The molecule has 0 saturated heterocycles. The minimum atomic E-state index is -2.17. The Morgan fingerprint density at radius 2 is 1.86 bits per heavy atom. The van der Waals surface area contributed by atoms with E-state index < -0.39 is 22.2 Å². The Hall–Kier alpha value is -2.48. The summed E-state index contributed by atoms with van der Waals surface area (Å²) in [4.78, 5) is 13.2. The van der Waals surface area contributed by atoms with Crippen molar-refractivity contribution in [3.63, 3.8) is 0 Å². The van der Waals surface area contributed by atoms with Crippen molar-refractivity contribution in [2.75, 3.05) is 0 Å². The third-order valence-electron chi connectivity index (χ3n) is 3.94. The van der Waals surface area contributed by atoms with Gasteiger partial charge in [0, 0.05) is 16.3 Å². The molecule has 1 atom stereocenters. The van der Waals surface area contributed by atoms with Crippen LogP contribution < -0.4 is 10.3 Å². The molecule has 2 aromatic carbocycles. The quantitative estimate of drug-likeness (QED) is 0.567. The third kappa shape index (κ3) is 5.32. The molecule has 1 unspecified atom stereocenters. The second-order valence-corrected chi connectivity index (χ2v) is 8.78. The fraction of sp³-hybridized carbons (Fsp3) is 0.238. The number of nitrogens with zero attached hydrogens (tertiary/aromatic N) is 2. The summed E-state index contributed by atoms with van der Waals surface area (Å²) in [7, 11) is 0. The highest BCUT2D eigenvalue weighted by Gasteiger charge is 2.21. The van der Waals surface area contributed by atoms with E-state index in [4.69, 9.17) is 16.3 Å². The van der Waals surface area contributed by atoms with Gasteiger partial charge in [-0.05, 0) is 50.1 Å². The molecule has 3 rings (SSSR count). The van der Waals surface area contributed by atoms with Gasteiger partial charge < -0.3 is 9.29 Å². The first-order valence-electron chi connectivity index (χ1n) is 8.86. The summed E-state index contributed by atoms with van der Waals surface area (Å²) in [6, 6.07) is 13.7. The Bertz CT molecular complexity index is 1100. The molecule has 0 aliphatic heterocycles. The summed E-state index contributed by atoms with van der Waals surface area (Å²) in [6.45, 7) is 5.56. The van der Waals surface area contributed by atoms with Crippen LogP contribution in [0, 0.1) is 0 Å². The molecule has 0 fully saturated rings. The maximum atomic E-state index is 13.2. The zero-order valence-corrected chi connectivity index (χ0v) is 17.8. The third-order valence-corrected chi connectivity index (χ3v) is 4.75. The van der Waals surface area contributed by atoms with Crippen LogP contribution in [-0.2, 0) is 16.8 Å². The van der Waals surface area contributed by atoms with Gasteiger partial charge in [0.2, 0.25) is 0 Å². The maximum absolute atomic E-state index is 13.2. The summed E-state index contributed by atoms with van der Waals surface area (Å²) in [5, 5.41) is 4.79. The fourth-order valence-electron chi connectivity index (χ4n) is 2.76. The van der Waals surface area contributed by atoms with Crippen LogP contribution >= 0.6 is 11.6 Å². The highest BCUT2D eigenvalue weighted by Crippen LogP contribution is 2.29. The van der Waals surface area contributed by atoms with Gasteiger partial charge in [-0.2, -0.15) is 9.78 Å². The first-order chi connectivity index (χ1) is 13.6. The molecule has 0 saturated carbocycles. The van der Waals surface area contributed by atoms with Crippen molar-refractivity contribution >= 4 is 22.7 Å². The average Bonchev–Trinajstić information content (AvgIpc) is 2.62. The Morgan fingerprint density at radius 1 is 1.17 bits per heavy atom. The van der Waals surface area contributed by atoms with Crippen molar-refractivity contribution in [1.29, 1.82) is 0 Å². The number of aromatic nitrogens is 2. The zero-order valence-electron chi connectivity index (χ0n) is 16.2. The van der Waals surface area contributed by atoms with E-state index in [0.717, 1.165) is 0 Å². The predicted molar refractivity (Wildman–Crippen MR) is 113 cm³/mol. The molecule has 1 heterocycles. The van der Waals surface area contributed by atoms with Crippen LogP contribution in [0.3, 0.4) is 0 Å². The SMILES string of the molecule is CC(C)(C)Oc1c(-c2ccc(CS(=O)[O-])cc2)cnn(-c2cccc(Cl)c2)c1=O. The zero-order chi connectivity index (χ0) is 21.2. The van der Waals surface area contributed by atoms with E-state index in [1.54, 1.807) is 54.7 Å². The van der Waals surface area contributed by atoms with E-state index in [-0.39, 0.29) is 11.5 Å². The monoisotopic (exact) mass is 431 g/mol. The Morgan fingerprint density at radius 3 is 2.45 bits per heavy atom. The molecule has 1 aromatic heterocycles. The van der Waals surface area contributed by atoms with Gasteiger partial charge in [-0.25, -0.2) is 0 Å². The van der Waals surface area contributed by atoms with Gasteiger partial charge >= 0.3 is 5.56 Å². The molecule has 0 radical (unpaired) electrons. The smallest absolute Gasteiger partial charge is 0.314 e. The summed E-state index contributed by atoms with van der Waals surface area (Å²) in [5.74, 6) is 0.0906. The summed E-state index contributed by atoms with van der Waals surface area (Å²) in [6.07, 6.45) is 1.56. The van der Waals surface area contributed by atoms with E-state index >= 15 is 0 Å². The minimum Gasteiger partial charge on any atom is -0.772 e. The van der Waals surface area contributed by atoms with Crippen molar-refractivity contribution in [2.24, 2.45) is 0 Å². The first kappa shape index (κ1) is 21.2. The summed E-state index contributed by atoms with van der Waals surface area (Å²) < 4.78 is 29.0. The molecule has 0 N–H and O–H groups in total. The van der Waals surface area contributed by atoms with Crippen LogP contribution in [0.1, 0.15) is 26.3 Å². The highest BCUT2D eigenvalue weighted by molar-refractivity contribution is 7.78. The lowest BCUT2D eigenvalue weighted by Gasteiger charge is -2.23. The molecule has 0 amide bonds. The molecular formula is C21H20ClN2O4S-. The van der Waals surface area contributed by atoms with Gasteiger partial charge in [0.25, 0.3) is 0 Å². The van der Waals surface area contributed by atoms with Crippen molar-refractivity contribution in [3.8, 4) is 22.6 Å². The number of hydrogen-bond donors (Lipinski definition) is 0. The van der Waals surface area contributed by atoms with Crippen molar-refractivity contribution in [3.05, 3.63) is 75.7 Å². The molecular weight excluding hydrogens is 412 g/mol. The molecule has 8 heteroatoms. The summed E-state index contributed by atoms with van der Waals surface area (Å²) in [5.41, 5.74) is 1.39. The second kappa shape index (κ2) is 8.49. The molecule has 152 valence electrons. The number of halogens is 1. The fourth-order valence-corrected chi connectivity index (χ4v) is 3.41. The molecule has 0 bridgehead atoms. The Labute approximate surface area is 176 Å². The van der Waals surface area contributed by atoms with E-state index in [1.165, 1.54) is 4.68 Å². The van der Waals surface area contributed by atoms with Crippen molar-refractivity contribution in [2.45, 2.75) is 32.1 Å². The minimum absolute atomic E-state index is 0.0692. The molecule has 0 spiro atoms. The number of benzene rings is 2. The Kier molecular flexibility index (Phi) is 6.21. The largest absolute Gasteiger partial charge is 0.772 e. The normalized spacial score (nSPS) is 12.6. The standard InChI is InChI=1S/C21H21ClN2O4S/c1-21(2,3)28-19-18(15-9-7-14(8-10-15)13-29(26)27)12-23-24(20(19)25)17-6-4-5-16(22)11-17/h4-12H,13H2,1-3H3,(H,26,27)/p-1. The topological polar surface area (TPSA) is 84.2 Å². The lowest BCUT2D eigenvalue weighted by Crippen LogP contribution is -2.30. The van der Waals surface area contributed by atoms with Gasteiger partial charge in [-0.1, -0.05) is 53.0 Å². The predicted octanol–water partition coefficient (Wildman–Crippen LogP) is 4.11. The Balaban J connectivity index is 2.13. The molecule has 3 aromatic rings. The van der Waals surface area contributed by atoms with E-state index in [2.05, 4.69) is 5.10 Å². The van der Waals surface area contributed by atoms with E-state index in [1.807, 2.05) is 20.8 Å². The highest BCUT2D eigenvalue weighted by atomic mass is 35.5. The van der Waals surface area contributed by atoms with Crippen LogP contribution in [0.4, 0.5) is 0 Å². The van der Waals surface area contributed by atoms with Gasteiger partial charge in [-0.15, -0.1) is 0 Å². The first-order valence-corrected chi connectivity index (χ1v) is 10.5. The van der Waals surface area contributed by atoms with Crippen LogP contribution in [0.25, 0.3) is 16.8 Å². The van der Waals surface area contributed by atoms with Crippen LogP contribution in [-0.4, -0.2) is 24.1 Å². The molecule has 0 aliphatic carbocycles. The molecule has 29 heavy (non-hydrogen) atoms. The van der Waals surface area contributed by atoms with Crippen molar-refractivity contribution in [1.82, 2.24) is 9.78 Å². The number of ether oxygens (including phenoxy) is 1. The lowest BCUT2D eigenvalue weighted by molar-refractivity contribution is 0.128. The van der Waals surface area contributed by atoms with Crippen LogP contribution in [0.5, 0.6) is 5.75 Å². The van der Waals surface area contributed by atoms with E-state index in [0.29, 0.717) is 27.4 Å². The molecule has 6 nitrogen and oxygen atoms in total.